The number of ether oxygens (including phenoxy) is 1. The average Bonchev–Trinajstić information content (AvgIpc) is 2.47. The topological polar surface area (TPSA) is 9.23 Å². The van der Waals surface area contributed by atoms with Gasteiger partial charge in [0.2, 0.25) is 0 Å². The highest BCUT2D eigenvalue weighted by molar-refractivity contribution is 6.22. The first kappa shape index (κ1) is 14.0. The van der Waals surface area contributed by atoms with Gasteiger partial charge in [0.1, 0.15) is 5.75 Å². The Morgan fingerprint density at radius 2 is 1.68 bits per heavy atom. The third-order valence-corrected chi connectivity index (χ3v) is 3.91. The standard InChI is InChI=1S/C17H19ClO/c1-4-13-6-9-14(10-7-13)17(18)15-8-5-12(2)16(11-15)19-3/h5-11,17H,4H2,1-3H3. The summed E-state index contributed by atoms with van der Waals surface area (Å²) in [5.41, 5.74) is 4.63. The van der Waals surface area contributed by atoms with E-state index in [4.69, 9.17) is 16.3 Å². The molecule has 1 unspecified atom stereocenters. The van der Waals surface area contributed by atoms with E-state index in [1.807, 2.05) is 19.1 Å². The number of hydrogen-bond acceptors (Lipinski definition) is 1. The maximum absolute atomic E-state index is 6.55. The number of alkyl halides is 1. The fraction of sp³-hybridized carbons (Fsp3) is 0.294. The maximum Gasteiger partial charge on any atom is 0.122 e. The summed E-state index contributed by atoms with van der Waals surface area (Å²) in [6, 6.07) is 14.6. The minimum atomic E-state index is -0.139. The Morgan fingerprint density at radius 3 is 2.26 bits per heavy atom. The van der Waals surface area contributed by atoms with Crippen LogP contribution in [-0.2, 0) is 6.42 Å². The number of halogens is 1. The Balaban J connectivity index is 2.29. The van der Waals surface area contributed by atoms with Gasteiger partial charge in [-0.1, -0.05) is 43.3 Å². The zero-order valence-corrected chi connectivity index (χ0v) is 12.4. The van der Waals surface area contributed by atoms with Crippen LogP contribution in [0, 0.1) is 6.92 Å². The number of aryl methyl sites for hydroxylation is 2. The molecule has 0 aliphatic heterocycles. The quantitative estimate of drug-likeness (QED) is 0.721. The molecule has 0 heterocycles. The first-order chi connectivity index (χ1) is 9.15. The van der Waals surface area contributed by atoms with Crippen LogP contribution in [0.15, 0.2) is 42.5 Å². The van der Waals surface area contributed by atoms with Gasteiger partial charge in [-0.25, -0.2) is 0 Å². The summed E-state index contributed by atoms with van der Waals surface area (Å²) in [6.07, 6.45) is 1.05. The van der Waals surface area contributed by atoms with Crippen molar-refractivity contribution in [1.82, 2.24) is 0 Å². The lowest BCUT2D eigenvalue weighted by molar-refractivity contribution is 0.411. The van der Waals surface area contributed by atoms with Crippen LogP contribution in [0.4, 0.5) is 0 Å². The first-order valence-electron chi connectivity index (χ1n) is 6.53. The van der Waals surface area contributed by atoms with E-state index >= 15 is 0 Å². The van der Waals surface area contributed by atoms with E-state index in [1.165, 1.54) is 5.56 Å². The molecule has 0 N–H and O–H groups in total. The van der Waals surface area contributed by atoms with E-state index in [9.17, 15) is 0 Å². The molecule has 1 nitrogen and oxygen atoms in total. The molecule has 2 aromatic carbocycles. The molecule has 100 valence electrons. The highest BCUT2D eigenvalue weighted by atomic mass is 35.5. The van der Waals surface area contributed by atoms with E-state index in [0.29, 0.717) is 0 Å². The van der Waals surface area contributed by atoms with Crippen molar-refractivity contribution in [3.05, 3.63) is 64.7 Å². The molecule has 0 spiro atoms. The highest BCUT2D eigenvalue weighted by Crippen LogP contribution is 2.32. The van der Waals surface area contributed by atoms with Gasteiger partial charge in [0.15, 0.2) is 0 Å². The summed E-state index contributed by atoms with van der Waals surface area (Å²) in [5, 5.41) is -0.139. The van der Waals surface area contributed by atoms with Crippen molar-refractivity contribution in [3.8, 4) is 5.75 Å². The van der Waals surface area contributed by atoms with Crippen molar-refractivity contribution in [1.29, 1.82) is 0 Å². The Bertz CT molecular complexity index is 546. The SMILES string of the molecule is CCc1ccc(C(Cl)c2ccc(C)c(OC)c2)cc1. The van der Waals surface area contributed by atoms with Crippen LogP contribution >= 0.6 is 11.6 Å². The molecule has 0 bridgehead atoms. The van der Waals surface area contributed by atoms with Crippen molar-refractivity contribution in [3.63, 3.8) is 0 Å². The third-order valence-electron chi connectivity index (χ3n) is 3.41. The lowest BCUT2D eigenvalue weighted by atomic mass is 10.0. The van der Waals surface area contributed by atoms with Crippen molar-refractivity contribution < 1.29 is 4.74 Å². The summed E-state index contributed by atoms with van der Waals surface area (Å²) >= 11 is 6.55. The fourth-order valence-corrected chi connectivity index (χ4v) is 2.39. The summed E-state index contributed by atoms with van der Waals surface area (Å²) < 4.78 is 5.35. The van der Waals surface area contributed by atoms with Gasteiger partial charge in [0.05, 0.1) is 12.5 Å². The van der Waals surface area contributed by atoms with E-state index < -0.39 is 0 Å². The minimum absolute atomic E-state index is 0.139. The van der Waals surface area contributed by atoms with Gasteiger partial charge >= 0.3 is 0 Å². The number of methoxy groups -OCH3 is 1. The molecule has 19 heavy (non-hydrogen) atoms. The first-order valence-corrected chi connectivity index (χ1v) is 6.96. The monoisotopic (exact) mass is 274 g/mol. The smallest absolute Gasteiger partial charge is 0.122 e. The minimum Gasteiger partial charge on any atom is -0.496 e. The van der Waals surface area contributed by atoms with Crippen LogP contribution in [0.5, 0.6) is 5.75 Å². The largest absolute Gasteiger partial charge is 0.496 e. The van der Waals surface area contributed by atoms with Crippen LogP contribution in [0.3, 0.4) is 0 Å². The fourth-order valence-electron chi connectivity index (χ4n) is 2.11. The Morgan fingerprint density at radius 1 is 1.05 bits per heavy atom. The second kappa shape index (κ2) is 6.12. The molecule has 1 atom stereocenters. The second-order valence-corrected chi connectivity index (χ2v) is 5.12. The van der Waals surface area contributed by atoms with Crippen LogP contribution in [0.2, 0.25) is 0 Å². The second-order valence-electron chi connectivity index (χ2n) is 4.69. The van der Waals surface area contributed by atoms with Gasteiger partial charge in [-0.2, -0.15) is 0 Å². The van der Waals surface area contributed by atoms with Crippen molar-refractivity contribution in [2.45, 2.75) is 25.6 Å². The summed E-state index contributed by atoms with van der Waals surface area (Å²) in [5.74, 6) is 0.883. The van der Waals surface area contributed by atoms with Crippen LogP contribution in [0.25, 0.3) is 0 Å². The molecule has 2 rings (SSSR count). The van der Waals surface area contributed by atoms with Crippen molar-refractivity contribution in [2.24, 2.45) is 0 Å². The predicted molar refractivity (Wildman–Crippen MR) is 81.2 cm³/mol. The van der Waals surface area contributed by atoms with Gasteiger partial charge in [-0.3, -0.25) is 0 Å². The molecule has 0 amide bonds. The van der Waals surface area contributed by atoms with Crippen LogP contribution in [-0.4, -0.2) is 7.11 Å². The van der Waals surface area contributed by atoms with Crippen molar-refractivity contribution in [2.75, 3.05) is 7.11 Å². The van der Waals surface area contributed by atoms with E-state index in [0.717, 1.165) is 28.9 Å². The average molecular weight is 275 g/mol. The third kappa shape index (κ3) is 3.10. The molecule has 0 aromatic heterocycles. The van der Waals surface area contributed by atoms with Crippen molar-refractivity contribution >= 4 is 11.6 Å². The molecule has 0 aliphatic carbocycles. The Kier molecular flexibility index (Phi) is 4.49. The number of hydrogen-bond donors (Lipinski definition) is 0. The lowest BCUT2D eigenvalue weighted by Crippen LogP contribution is -1.96. The number of rotatable bonds is 4. The molecular weight excluding hydrogens is 256 g/mol. The molecule has 0 fully saturated rings. The van der Waals surface area contributed by atoms with E-state index in [-0.39, 0.29) is 5.38 Å². The maximum atomic E-state index is 6.55. The van der Waals surface area contributed by atoms with Crippen LogP contribution in [0.1, 0.15) is 34.6 Å². The normalized spacial score (nSPS) is 12.2. The highest BCUT2D eigenvalue weighted by Gasteiger charge is 2.12. The predicted octanol–water partition coefficient (Wildman–Crippen LogP) is 4.89. The Hall–Kier alpha value is -1.47. The van der Waals surface area contributed by atoms with Gasteiger partial charge in [0, 0.05) is 0 Å². The lowest BCUT2D eigenvalue weighted by Gasteiger charge is -2.13. The molecular formula is C17H19ClO. The molecule has 0 saturated carbocycles. The van der Waals surface area contributed by atoms with Gasteiger partial charge < -0.3 is 4.74 Å². The molecule has 0 aliphatic rings. The van der Waals surface area contributed by atoms with E-state index in [1.54, 1.807) is 7.11 Å². The van der Waals surface area contributed by atoms with Gasteiger partial charge in [-0.05, 0) is 41.7 Å². The number of benzene rings is 2. The molecule has 2 aromatic rings. The zero-order chi connectivity index (χ0) is 13.8. The van der Waals surface area contributed by atoms with Crippen LogP contribution < -0.4 is 4.74 Å². The van der Waals surface area contributed by atoms with Gasteiger partial charge in [-0.15, -0.1) is 11.6 Å². The van der Waals surface area contributed by atoms with Gasteiger partial charge in [0.25, 0.3) is 0 Å². The molecule has 0 saturated heterocycles. The zero-order valence-electron chi connectivity index (χ0n) is 11.6. The summed E-state index contributed by atoms with van der Waals surface area (Å²) in [4.78, 5) is 0. The summed E-state index contributed by atoms with van der Waals surface area (Å²) in [6.45, 7) is 4.18. The molecule has 2 heteroatoms. The van der Waals surface area contributed by atoms with E-state index in [2.05, 4.69) is 37.3 Å². The summed E-state index contributed by atoms with van der Waals surface area (Å²) in [7, 11) is 1.69. The molecule has 0 radical (unpaired) electrons. The Labute approximate surface area is 120 Å².